The molecule has 0 saturated carbocycles. The number of imidazole rings is 1. The van der Waals surface area contributed by atoms with Crippen LogP contribution in [0.1, 0.15) is 0 Å². The summed E-state index contributed by atoms with van der Waals surface area (Å²) in [5, 5.41) is 1.21. The molecule has 88 valence electrons. The maximum atomic E-state index is 5.87. The summed E-state index contributed by atoms with van der Waals surface area (Å²) in [6.07, 6.45) is 5.03. The number of halogens is 1. The van der Waals surface area contributed by atoms with Crippen molar-refractivity contribution in [1.29, 1.82) is 0 Å². The Kier molecular flexibility index (Phi) is 2.96. The van der Waals surface area contributed by atoms with Crippen LogP contribution in [0.15, 0.2) is 23.9 Å². The predicted octanol–water partition coefficient (Wildman–Crippen LogP) is 1.20. The predicted molar refractivity (Wildman–Crippen MR) is 62.4 cm³/mol. The van der Waals surface area contributed by atoms with Crippen LogP contribution in [0.2, 0.25) is 5.28 Å². The molecule has 6 nitrogen and oxygen atoms in total. The highest BCUT2D eigenvalue weighted by atomic mass is 35.5. The Labute approximate surface area is 106 Å². The summed E-state index contributed by atoms with van der Waals surface area (Å²) in [7, 11) is 0. The first-order valence-electron chi connectivity index (χ1n) is 4.95. The van der Waals surface area contributed by atoms with Crippen molar-refractivity contribution in [3.05, 3.63) is 24.0 Å². The molecule has 2 aromatic rings. The molecule has 0 N–H and O–H groups in total. The van der Waals surface area contributed by atoms with Gasteiger partial charge in [-0.25, -0.2) is 4.98 Å². The van der Waals surface area contributed by atoms with Crippen LogP contribution in [0, 0.1) is 0 Å². The number of nitrogens with zero attached hydrogens (tertiary/aromatic N) is 5. The number of hydrogen-bond acceptors (Lipinski definition) is 6. The van der Waals surface area contributed by atoms with Gasteiger partial charge in [0.1, 0.15) is 6.33 Å². The largest absolute Gasteiger partial charge is 0.379 e. The van der Waals surface area contributed by atoms with Gasteiger partial charge in [-0.1, -0.05) is 11.8 Å². The Bertz CT molecular complexity index is 516. The van der Waals surface area contributed by atoms with Crippen molar-refractivity contribution in [2.24, 2.45) is 0 Å². The molecule has 8 heteroatoms. The Morgan fingerprint density at radius 3 is 2.88 bits per heavy atom. The number of ether oxygens (including phenoxy) is 1. The lowest BCUT2D eigenvalue weighted by Gasteiger charge is -2.24. The molecule has 0 radical (unpaired) electrons. The van der Waals surface area contributed by atoms with Crippen molar-refractivity contribution in [3.63, 3.8) is 0 Å². The van der Waals surface area contributed by atoms with Gasteiger partial charge in [0, 0.05) is 12.4 Å². The molecule has 3 heterocycles. The molecule has 3 rings (SSSR count). The van der Waals surface area contributed by atoms with Crippen molar-refractivity contribution in [3.8, 4) is 5.95 Å². The summed E-state index contributed by atoms with van der Waals surface area (Å²) in [4.78, 5) is 16.4. The second-order valence-corrected chi connectivity index (χ2v) is 5.04. The van der Waals surface area contributed by atoms with Crippen LogP contribution in [0.3, 0.4) is 0 Å². The molecule has 1 fully saturated rings. The van der Waals surface area contributed by atoms with E-state index < -0.39 is 0 Å². The molecule has 0 aromatic carbocycles. The zero-order valence-corrected chi connectivity index (χ0v) is 10.2. The molecule has 2 aromatic heterocycles. The molecule has 1 aliphatic heterocycles. The summed E-state index contributed by atoms with van der Waals surface area (Å²) in [5.74, 6) is 0.477. The highest BCUT2D eigenvalue weighted by Crippen LogP contribution is 2.25. The van der Waals surface area contributed by atoms with Gasteiger partial charge >= 0.3 is 0 Å². The summed E-state index contributed by atoms with van der Waals surface area (Å²) in [5.41, 5.74) is 0. The van der Waals surface area contributed by atoms with Crippen LogP contribution in [-0.2, 0) is 4.74 Å². The number of rotatable bonds is 3. The summed E-state index contributed by atoms with van der Waals surface area (Å²) < 4.78 is 6.79. The molecule has 0 amide bonds. The number of aromatic nitrogens is 5. The first kappa shape index (κ1) is 10.9. The van der Waals surface area contributed by atoms with E-state index in [1.807, 2.05) is 0 Å². The second-order valence-electron chi connectivity index (χ2n) is 3.43. The third-order valence-electron chi connectivity index (χ3n) is 2.19. The van der Waals surface area contributed by atoms with Gasteiger partial charge in [0.15, 0.2) is 5.16 Å². The molecule has 1 saturated heterocycles. The quantitative estimate of drug-likeness (QED) is 0.834. The van der Waals surface area contributed by atoms with Gasteiger partial charge in [-0.3, -0.25) is 4.57 Å². The second kappa shape index (κ2) is 4.59. The van der Waals surface area contributed by atoms with E-state index in [9.17, 15) is 0 Å². The topological polar surface area (TPSA) is 65.7 Å². The molecular weight excluding hydrogens is 262 g/mol. The molecule has 0 bridgehead atoms. The molecule has 0 spiro atoms. The fraction of sp³-hybridized carbons (Fsp3) is 0.333. The number of thioether (sulfide) groups is 1. The molecular formula is C9H8ClN5OS. The molecule has 0 aliphatic carbocycles. The third kappa shape index (κ3) is 2.41. The summed E-state index contributed by atoms with van der Waals surface area (Å²) in [6, 6.07) is 0. The van der Waals surface area contributed by atoms with Crippen LogP contribution in [0.25, 0.3) is 5.95 Å². The van der Waals surface area contributed by atoms with Crippen LogP contribution in [-0.4, -0.2) is 43.0 Å². The van der Waals surface area contributed by atoms with Gasteiger partial charge in [-0.2, -0.15) is 15.0 Å². The van der Waals surface area contributed by atoms with Crippen molar-refractivity contribution in [2.45, 2.75) is 10.4 Å². The van der Waals surface area contributed by atoms with Crippen LogP contribution >= 0.6 is 23.4 Å². The zero-order valence-electron chi connectivity index (χ0n) is 8.65. The minimum absolute atomic E-state index is 0.187. The Balaban J connectivity index is 1.89. The van der Waals surface area contributed by atoms with Crippen LogP contribution in [0.4, 0.5) is 0 Å². The van der Waals surface area contributed by atoms with Gasteiger partial charge in [-0.15, -0.1) is 0 Å². The lowest BCUT2D eigenvalue weighted by molar-refractivity contribution is 0.0454. The average Bonchev–Trinajstić information content (AvgIpc) is 2.76. The van der Waals surface area contributed by atoms with Gasteiger partial charge in [0.25, 0.3) is 0 Å². The lowest BCUT2D eigenvalue weighted by Crippen LogP contribution is -2.30. The smallest absolute Gasteiger partial charge is 0.240 e. The number of hydrogen-bond donors (Lipinski definition) is 0. The van der Waals surface area contributed by atoms with E-state index in [1.54, 1.807) is 35.0 Å². The van der Waals surface area contributed by atoms with Crippen LogP contribution < -0.4 is 0 Å². The molecule has 0 unspecified atom stereocenters. The monoisotopic (exact) mass is 269 g/mol. The van der Waals surface area contributed by atoms with Gasteiger partial charge in [0.2, 0.25) is 11.2 Å². The molecule has 1 aliphatic rings. The molecule has 0 atom stereocenters. The van der Waals surface area contributed by atoms with E-state index in [1.165, 1.54) is 0 Å². The van der Waals surface area contributed by atoms with Crippen molar-refractivity contribution in [1.82, 2.24) is 24.5 Å². The van der Waals surface area contributed by atoms with E-state index in [4.69, 9.17) is 16.3 Å². The first-order valence-corrected chi connectivity index (χ1v) is 6.21. The Morgan fingerprint density at radius 2 is 2.24 bits per heavy atom. The standard InChI is InChI=1S/C9H8ClN5OS/c10-7-12-8(15-2-1-11-5-15)14-9(13-7)17-6-3-16-4-6/h1-2,5-6H,3-4H2. The fourth-order valence-corrected chi connectivity index (χ4v) is 2.40. The minimum atomic E-state index is 0.187. The van der Waals surface area contributed by atoms with Gasteiger partial charge < -0.3 is 4.74 Å². The van der Waals surface area contributed by atoms with Crippen LogP contribution in [0.5, 0.6) is 0 Å². The lowest BCUT2D eigenvalue weighted by atomic mass is 10.4. The normalized spacial score (nSPS) is 15.8. The summed E-state index contributed by atoms with van der Waals surface area (Å²) in [6.45, 7) is 1.46. The SMILES string of the molecule is Clc1nc(SC2COC2)nc(-n2ccnc2)n1. The fourth-order valence-electron chi connectivity index (χ4n) is 1.30. The zero-order chi connectivity index (χ0) is 11.7. The average molecular weight is 270 g/mol. The van der Waals surface area contributed by atoms with Gasteiger partial charge in [0.05, 0.1) is 18.5 Å². The molecule has 17 heavy (non-hydrogen) atoms. The Hall–Kier alpha value is -1.18. The highest BCUT2D eigenvalue weighted by Gasteiger charge is 2.21. The maximum Gasteiger partial charge on any atom is 0.240 e. The van der Waals surface area contributed by atoms with Crippen molar-refractivity contribution >= 4 is 23.4 Å². The van der Waals surface area contributed by atoms with Gasteiger partial charge in [-0.05, 0) is 11.6 Å². The first-order chi connectivity index (χ1) is 8.31. The minimum Gasteiger partial charge on any atom is -0.379 e. The van der Waals surface area contributed by atoms with E-state index in [0.717, 1.165) is 13.2 Å². The Morgan fingerprint density at radius 1 is 1.35 bits per heavy atom. The van der Waals surface area contributed by atoms with E-state index in [2.05, 4.69) is 19.9 Å². The maximum absolute atomic E-state index is 5.87. The van der Waals surface area contributed by atoms with Crippen molar-refractivity contribution < 1.29 is 4.74 Å². The van der Waals surface area contributed by atoms with E-state index in [0.29, 0.717) is 16.4 Å². The summed E-state index contributed by atoms with van der Waals surface area (Å²) >= 11 is 7.42. The van der Waals surface area contributed by atoms with E-state index >= 15 is 0 Å². The van der Waals surface area contributed by atoms with Crippen molar-refractivity contribution in [2.75, 3.05) is 13.2 Å². The third-order valence-corrected chi connectivity index (χ3v) is 3.36. The highest BCUT2D eigenvalue weighted by molar-refractivity contribution is 7.99. The van der Waals surface area contributed by atoms with E-state index in [-0.39, 0.29) is 5.28 Å².